The van der Waals surface area contributed by atoms with Gasteiger partial charge in [-0.2, -0.15) is 0 Å². The normalized spacial score (nSPS) is 14.6. The van der Waals surface area contributed by atoms with E-state index < -0.39 is 0 Å². The van der Waals surface area contributed by atoms with Gasteiger partial charge in [-0.25, -0.2) is 0 Å². The highest BCUT2D eigenvalue weighted by Crippen LogP contribution is 2.40. The van der Waals surface area contributed by atoms with E-state index in [1.807, 2.05) is 0 Å². The lowest BCUT2D eigenvalue weighted by molar-refractivity contribution is 0.104. The van der Waals surface area contributed by atoms with Crippen LogP contribution in [0.2, 0.25) is 0 Å². The first-order chi connectivity index (χ1) is 11.6. The van der Waals surface area contributed by atoms with Gasteiger partial charge in [-0.15, -0.1) is 0 Å². The number of phenolic OH excluding ortho intramolecular Hbond substituents is 1. The first kappa shape index (κ1) is 15.9. The molecule has 0 spiro atoms. The Kier molecular flexibility index (Phi) is 4.16. The third-order valence-corrected chi connectivity index (χ3v) is 4.10. The van der Waals surface area contributed by atoms with Crippen LogP contribution in [0.15, 0.2) is 35.9 Å². The van der Waals surface area contributed by atoms with E-state index in [2.05, 4.69) is 0 Å². The van der Waals surface area contributed by atoms with Gasteiger partial charge in [0.25, 0.3) is 0 Å². The van der Waals surface area contributed by atoms with Gasteiger partial charge in [0.2, 0.25) is 0 Å². The van der Waals surface area contributed by atoms with Crippen LogP contribution in [0, 0.1) is 0 Å². The minimum atomic E-state index is -0.0405. The molecule has 2 aromatic rings. The van der Waals surface area contributed by atoms with E-state index in [1.54, 1.807) is 50.6 Å². The quantitative estimate of drug-likeness (QED) is 0.874. The SMILES string of the molecule is COc1ccc(/C=C2\Cc3c(ccc(OC)c3OC)C2=O)cc1O. The summed E-state index contributed by atoms with van der Waals surface area (Å²) in [7, 11) is 4.62. The Labute approximate surface area is 140 Å². The molecule has 1 aliphatic carbocycles. The molecule has 124 valence electrons. The summed E-state index contributed by atoms with van der Waals surface area (Å²) in [4.78, 5) is 12.6. The van der Waals surface area contributed by atoms with Crippen LogP contribution in [-0.2, 0) is 6.42 Å². The Balaban J connectivity index is 2.00. The molecule has 0 atom stereocenters. The monoisotopic (exact) mass is 326 g/mol. The lowest BCUT2D eigenvalue weighted by Crippen LogP contribution is -1.97. The van der Waals surface area contributed by atoms with Crippen molar-refractivity contribution >= 4 is 11.9 Å². The van der Waals surface area contributed by atoms with Crippen LogP contribution >= 0.6 is 0 Å². The Morgan fingerprint density at radius 1 is 1.00 bits per heavy atom. The van der Waals surface area contributed by atoms with Gasteiger partial charge in [0.15, 0.2) is 28.8 Å². The van der Waals surface area contributed by atoms with Crippen LogP contribution in [0.25, 0.3) is 6.08 Å². The largest absolute Gasteiger partial charge is 0.504 e. The van der Waals surface area contributed by atoms with E-state index in [0.717, 1.165) is 11.1 Å². The van der Waals surface area contributed by atoms with Crippen molar-refractivity contribution in [2.24, 2.45) is 0 Å². The molecular formula is C19H18O5. The number of allylic oxidation sites excluding steroid dienone is 1. The van der Waals surface area contributed by atoms with Crippen molar-refractivity contribution in [3.8, 4) is 23.0 Å². The summed E-state index contributed by atoms with van der Waals surface area (Å²) in [5.74, 6) is 1.58. The molecule has 0 heterocycles. The summed E-state index contributed by atoms with van der Waals surface area (Å²) in [6, 6.07) is 8.51. The number of hydrogen-bond donors (Lipinski definition) is 1. The van der Waals surface area contributed by atoms with Crippen LogP contribution in [0.1, 0.15) is 21.5 Å². The number of benzene rings is 2. The molecule has 0 saturated carbocycles. The predicted octanol–water partition coefficient (Wildman–Crippen LogP) is 3.24. The van der Waals surface area contributed by atoms with Gasteiger partial charge in [-0.1, -0.05) is 6.07 Å². The number of ketones is 1. The Morgan fingerprint density at radius 3 is 2.33 bits per heavy atom. The molecule has 24 heavy (non-hydrogen) atoms. The Hall–Kier alpha value is -2.95. The average Bonchev–Trinajstić information content (AvgIpc) is 2.90. The fourth-order valence-electron chi connectivity index (χ4n) is 2.94. The van der Waals surface area contributed by atoms with Crippen molar-refractivity contribution in [1.29, 1.82) is 0 Å². The van der Waals surface area contributed by atoms with E-state index in [1.165, 1.54) is 7.11 Å². The smallest absolute Gasteiger partial charge is 0.189 e. The zero-order valence-corrected chi connectivity index (χ0v) is 13.8. The van der Waals surface area contributed by atoms with Gasteiger partial charge in [-0.05, 0) is 35.9 Å². The van der Waals surface area contributed by atoms with Crippen LogP contribution in [-0.4, -0.2) is 32.2 Å². The molecule has 5 nitrogen and oxygen atoms in total. The topological polar surface area (TPSA) is 65.0 Å². The average molecular weight is 326 g/mol. The number of aromatic hydroxyl groups is 1. The molecule has 0 radical (unpaired) electrons. The number of Topliss-reactive ketones (excluding diaryl/α,β-unsaturated/α-hetero) is 1. The Morgan fingerprint density at radius 2 is 1.71 bits per heavy atom. The molecular weight excluding hydrogens is 308 g/mol. The minimum absolute atomic E-state index is 0.0362. The molecule has 2 aromatic carbocycles. The zero-order chi connectivity index (χ0) is 17.3. The van der Waals surface area contributed by atoms with E-state index >= 15 is 0 Å². The number of rotatable bonds is 4. The van der Waals surface area contributed by atoms with Crippen LogP contribution in [0.5, 0.6) is 23.0 Å². The van der Waals surface area contributed by atoms with Gasteiger partial charge < -0.3 is 19.3 Å². The number of hydrogen-bond acceptors (Lipinski definition) is 5. The molecule has 3 rings (SSSR count). The van der Waals surface area contributed by atoms with Crippen molar-refractivity contribution in [3.05, 3.63) is 52.6 Å². The minimum Gasteiger partial charge on any atom is -0.504 e. The van der Waals surface area contributed by atoms with Crippen LogP contribution in [0.4, 0.5) is 0 Å². The van der Waals surface area contributed by atoms with E-state index in [0.29, 0.717) is 34.8 Å². The molecule has 0 fully saturated rings. The highest BCUT2D eigenvalue weighted by Gasteiger charge is 2.29. The maximum atomic E-state index is 12.6. The first-order valence-corrected chi connectivity index (χ1v) is 7.45. The highest BCUT2D eigenvalue weighted by atomic mass is 16.5. The van der Waals surface area contributed by atoms with E-state index in [4.69, 9.17) is 14.2 Å². The van der Waals surface area contributed by atoms with Crippen LogP contribution in [0.3, 0.4) is 0 Å². The van der Waals surface area contributed by atoms with Gasteiger partial charge in [0, 0.05) is 23.1 Å². The van der Waals surface area contributed by atoms with Crippen molar-refractivity contribution in [2.75, 3.05) is 21.3 Å². The van der Waals surface area contributed by atoms with Crippen molar-refractivity contribution in [3.63, 3.8) is 0 Å². The molecule has 0 aliphatic heterocycles. The predicted molar refractivity (Wildman–Crippen MR) is 90.2 cm³/mol. The third kappa shape index (κ3) is 2.58. The van der Waals surface area contributed by atoms with Crippen LogP contribution < -0.4 is 14.2 Å². The summed E-state index contributed by atoms with van der Waals surface area (Å²) < 4.78 is 15.7. The van der Waals surface area contributed by atoms with Gasteiger partial charge >= 0.3 is 0 Å². The zero-order valence-electron chi connectivity index (χ0n) is 13.8. The molecule has 0 aromatic heterocycles. The Bertz CT molecular complexity index is 836. The lowest BCUT2D eigenvalue weighted by Gasteiger charge is -2.10. The third-order valence-electron chi connectivity index (χ3n) is 4.10. The fraction of sp³-hybridized carbons (Fsp3) is 0.211. The van der Waals surface area contributed by atoms with Crippen molar-refractivity contribution in [1.82, 2.24) is 0 Å². The summed E-state index contributed by atoms with van der Waals surface area (Å²) in [5, 5.41) is 9.88. The van der Waals surface area contributed by atoms with Crippen molar-refractivity contribution in [2.45, 2.75) is 6.42 Å². The maximum absolute atomic E-state index is 12.6. The summed E-state index contributed by atoms with van der Waals surface area (Å²) in [6.07, 6.45) is 2.23. The molecule has 0 saturated heterocycles. The molecule has 1 N–H and O–H groups in total. The number of ether oxygens (including phenoxy) is 3. The molecule has 0 amide bonds. The molecule has 0 unspecified atom stereocenters. The van der Waals surface area contributed by atoms with Gasteiger partial charge in [-0.3, -0.25) is 4.79 Å². The summed E-state index contributed by atoms with van der Waals surface area (Å²) in [5.41, 5.74) is 2.82. The second-order valence-electron chi connectivity index (χ2n) is 5.43. The number of methoxy groups -OCH3 is 3. The van der Waals surface area contributed by atoms with E-state index in [-0.39, 0.29) is 11.5 Å². The molecule has 0 bridgehead atoms. The van der Waals surface area contributed by atoms with Crippen molar-refractivity contribution < 1.29 is 24.1 Å². The number of carbonyl (C=O) groups excluding carboxylic acids is 1. The van der Waals surface area contributed by atoms with E-state index in [9.17, 15) is 9.90 Å². The maximum Gasteiger partial charge on any atom is 0.189 e. The highest BCUT2D eigenvalue weighted by molar-refractivity contribution is 6.16. The summed E-state index contributed by atoms with van der Waals surface area (Å²) >= 11 is 0. The number of phenols is 1. The summed E-state index contributed by atoms with van der Waals surface area (Å²) in [6.45, 7) is 0. The van der Waals surface area contributed by atoms with Gasteiger partial charge in [0.05, 0.1) is 21.3 Å². The molecule has 5 heteroatoms. The second kappa shape index (κ2) is 6.28. The second-order valence-corrected chi connectivity index (χ2v) is 5.43. The number of fused-ring (bicyclic) bond motifs is 1. The fourth-order valence-corrected chi connectivity index (χ4v) is 2.94. The lowest BCUT2D eigenvalue weighted by atomic mass is 10.1. The molecule has 1 aliphatic rings. The van der Waals surface area contributed by atoms with Gasteiger partial charge in [0.1, 0.15) is 0 Å². The number of carbonyl (C=O) groups is 1. The first-order valence-electron chi connectivity index (χ1n) is 7.45. The standard InChI is InChI=1S/C19H18O5/c1-22-16-6-4-11(9-15(16)20)8-12-10-14-13(18(12)21)5-7-17(23-2)19(14)24-3/h4-9,20H,10H2,1-3H3/b12-8+.